The zero-order valence-electron chi connectivity index (χ0n) is 9.40. The summed E-state index contributed by atoms with van der Waals surface area (Å²) in [6, 6.07) is 1.38. The number of rotatable bonds is 2. The van der Waals surface area contributed by atoms with Gasteiger partial charge in [-0.1, -0.05) is 11.6 Å². The van der Waals surface area contributed by atoms with Crippen molar-refractivity contribution in [2.24, 2.45) is 0 Å². The fourth-order valence-electron chi connectivity index (χ4n) is 1.72. The molecule has 4 nitrogen and oxygen atoms in total. The first-order chi connectivity index (χ1) is 8.91. The van der Waals surface area contributed by atoms with E-state index in [1.54, 1.807) is 0 Å². The molecule has 8 heteroatoms. The molecular formula is C11H8ClF2NO3S. The van der Waals surface area contributed by atoms with Crippen LogP contribution in [-0.2, 0) is 4.79 Å². The number of carboxylic acids is 1. The molecule has 0 aromatic heterocycles. The number of hydrogen-bond acceptors (Lipinski definition) is 3. The molecule has 0 aliphatic carbocycles. The molecule has 1 aliphatic heterocycles. The summed E-state index contributed by atoms with van der Waals surface area (Å²) in [7, 11) is 0. The molecule has 2 rings (SSSR count). The number of amides is 1. The number of carbonyl (C=O) groups is 2. The molecule has 1 amide bonds. The van der Waals surface area contributed by atoms with Gasteiger partial charge in [0.2, 0.25) is 0 Å². The second-order valence-corrected chi connectivity index (χ2v) is 5.40. The maximum atomic E-state index is 13.6. The van der Waals surface area contributed by atoms with Gasteiger partial charge in [-0.15, -0.1) is 11.8 Å². The first-order valence-electron chi connectivity index (χ1n) is 5.21. The van der Waals surface area contributed by atoms with Gasteiger partial charge in [-0.3, -0.25) is 4.79 Å². The van der Waals surface area contributed by atoms with E-state index >= 15 is 0 Å². The van der Waals surface area contributed by atoms with E-state index in [9.17, 15) is 18.4 Å². The first kappa shape index (κ1) is 14.1. The lowest BCUT2D eigenvalue weighted by atomic mass is 10.1. The zero-order chi connectivity index (χ0) is 14.2. The highest BCUT2D eigenvalue weighted by Crippen LogP contribution is 2.28. The lowest BCUT2D eigenvalue weighted by Gasteiger charge is -2.20. The predicted octanol–water partition coefficient (Wildman–Crippen LogP) is 2.22. The molecular weight excluding hydrogens is 300 g/mol. The summed E-state index contributed by atoms with van der Waals surface area (Å²) < 4.78 is 26.6. The topological polar surface area (TPSA) is 57.6 Å². The zero-order valence-corrected chi connectivity index (χ0v) is 11.0. The smallest absolute Gasteiger partial charge is 0.337 e. The van der Waals surface area contributed by atoms with Gasteiger partial charge >= 0.3 is 5.97 Å². The molecule has 1 aromatic rings. The van der Waals surface area contributed by atoms with Crippen LogP contribution in [0.4, 0.5) is 8.78 Å². The highest BCUT2D eigenvalue weighted by atomic mass is 35.5. The minimum Gasteiger partial charge on any atom is -0.479 e. The predicted molar refractivity (Wildman–Crippen MR) is 66.3 cm³/mol. The molecule has 1 fully saturated rings. The third kappa shape index (κ3) is 2.66. The summed E-state index contributed by atoms with van der Waals surface area (Å²) in [5, 5.41) is 7.51. The summed E-state index contributed by atoms with van der Waals surface area (Å²) in [4.78, 5) is 24.1. The van der Waals surface area contributed by atoms with E-state index in [-0.39, 0.29) is 11.6 Å². The van der Waals surface area contributed by atoms with E-state index in [1.165, 1.54) is 0 Å². The van der Waals surface area contributed by atoms with Crippen molar-refractivity contribution in [2.45, 2.75) is 5.37 Å². The number of hydrogen-bond donors (Lipinski definition) is 1. The quantitative estimate of drug-likeness (QED) is 0.851. The van der Waals surface area contributed by atoms with E-state index < -0.39 is 34.4 Å². The molecule has 0 spiro atoms. The van der Waals surface area contributed by atoms with Crippen LogP contribution in [-0.4, -0.2) is 39.6 Å². The molecule has 0 saturated carbocycles. The summed E-state index contributed by atoms with van der Waals surface area (Å²) in [6.45, 7) is 0.189. The Morgan fingerprint density at radius 2 is 2.05 bits per heavy atom. The number of halogens is 3. The number of carbonyl (C=O) groups excluding carboxylic acids is 1. The standard InChI is InChI=1S/C11H8ClF2NO3S/c12-6-3-5(7(13)4-8(6)14)9(16)15-1-2-19-10(15)11(17)18/h3-4,10H,1-2H2,(H,17,18). The van der Waals surface area contributed by atoms with Crippen LogP contribution in [0.2, 0.25) is 5.02 Å². The second-order valence-electron chi connectivity index (χ2n) is 3.81. The third-order valence-corrected chi connectivity index (χ3v) is 4.08. The van der Waals surface area contributed by atoms with Crippen molar-refractivity contribution in [3.05, 3.63) is 34.4 Å². The van der Waals surface area contributed by atoms with E-state index in [0.29, 0.717) is 11.8 Å². The van der Waals surface area contributed by atoms with Crippen LogP contribution in [0.3, 0.4) is 0 Å². The SMILES string of the molecule is O=C(O)C1SCCN1C(=O)c1cc(Cl)c(F)cc1F. The second kappa shape index (κ2) is 5.34. The Morgan fingerprint density at radius 3 is 2.68 bits per heavy atom. The Labute approximate surface area is 116 Å². The largest absolute Gasteiger partial charge is 0.479 e. The molecule has 1 atom stereocenters. The minimum atomic E-state index is -1.18. The maximum Gasteiger partial charge on any atom is 0.337 e. The molecule has 1 heterocycles. The van der Waals surface area contributed by atoms with Crippen LogP contribution in [0.5, 0.6) is 0 Å². The third-order valence-electron chi connectivity index (χ3n) is 2.60. The number of aliphatic carboxylic acids is 1. The lowest BCUT2D eigenvalue weighted by Crippen LogP contribution is -2.39. The molecule has 1 saturated heterocycles. The highest BCUT2D eigenvalue weighted by molar-refractivity contribution is 8.00. The van der Waals surface area contributed by atoms with E-state index in [0.717, 1.165) is 22.7 Å². The summed E-state index contributed by atoms with van der Waals surface area (Å²) in [5.41, 5.74) is -0.430. The van der Waals surface area contributed by atoms with Crippen molar-refractivity contribution in [2.75, 3.05) is 12.3 Å². The summed E-state index contributed by atoms with van der Waals surface area (Å²) in [6.07, 6.45) is 0. The normalized spacial score (nSPS) is 18.7. The molecule has 1 N–H and O–H groups in total. The lowest BCUT2D eigenvalue weighted by molar-refractivity contribution is -0.138. The van der Waals surface area contributed by atoms with Gasteiger partial charge in [0.25, 0.3) is 5.91 Å². The maximum absolute atomic E-state index is 13.6. The molecule has 1 aliphatic rings. The van der Waals surface area contributed by atoms with Crippen LogP contribution in [0.25, 0.3) is 0 Å². The Kier molecular flexibility index (Phi) is 3.96. The molecule has 19 heavy (non-hydrogen) atoms. The van der Waals surface area contributed by atoms with Crippen molar-refractivity contribution in [1.29, 1.82) is 0 Å². The Bertz CT molecular complexity index is 555. The Morgan fingerprint density at radius 1 is 1.37 bits per heavy atom. The molecule has 102 valence electrons. The van der Waals surface area contributed by atoms with Crippen molar-refractivity contribution in [3.8, 4) is 0 Å². The van der Waals surface area contributed by atoms with Gasteiger partial charge < -0.3 is 10.0 Å². The highest BCUT2D eigenvalue weighted by Gasteiger charge is 2.36. The van der Waals surface area contributed by atoms with Crippen molar-refractivity contribution >= 4 is 35.2 Å². The molecule has 1 unspecified atom stereocenters. The first-order valence-corrected chi connectivity index (χ1v) is 6.64. The Hall–Kier alpha value is -1.34. The van der Waals surface area contributed by atoms with E-state index in [4.69, 9.17) is 16.7 Å². The Balaban J connectivity index is 2.34. The van der Waals surface area contributed by atoms with Gasteiger partial charge in [-0.25, -0.2) is 13.6 Å². The number of nitrogens with zero attached hydrogens (tertiary/aromatic N) is 1. The van der Waals surface area contributed by atoms with Crippen LogP contribution in [0, 0.1) is 11.6 Å². The van der Waals surface area contributed by atoms with Gasteiger partial charge in [-0.2, -0.15) is 0 Å². The number of thioether (sulfide) groups is 1. The van der Waals surface area contributed by atoms with Crippen LogP contribution in [0.1, 0.15) is 10.4 Å². The number of carboxylic acid groups (broad SMARTS) is 1. The van der Waals surface area contributed by atoms with Gasteiger partial charge in [0, 0.05) is 18.4 Å². The van der Waals surface area contributed by atoms with Crippen LogP contribution in [0.15, 0.2) is 12.1 Å². The van der Waals surface area contributed by atoms with Crippen LogP contribution >= 0.6 is 23.4 Å². The average Bonchev–Trinajstić information content (AvgIpc) is 2.82. The van der Waals surface area contributed by atoms with Crippen molar-refractivity contribution in [1.82, 2.24) is 4.90 Å². The van der Waals surface area contributed by atoms with Crippen molar-refractivity contribution in [3.63, 3.8) is 0 Å². The van der Waals surface area contributed by atoms with Gasteiger partial charge in [-0.05, 0) is 6.07 Å². The fraction of sp³-hybridized carbons (Fsp3) is 0.273. The minimum absolute atomic E-state index is 0.189. The van der Waals surface area contributed by atoms with Gasteiger partial charge in [0.1, 0.15) is 11.6 Å². The molecule has 0 radical (unpaired) electrons. The summed E-state index contributed by atoms with van der Waals surface area (Å²) in [5.74, 6) is -3.57. The summed E-state index contributed by atoms with van der Waals surface area (Å²) >= 11 is 6.57. The van der Waals surface area contributed by atoms with E-state index in [2.05, 4.69) is 0 Å². The average molecular weight is 308 g/mol. The molecule has 0 bridgehead atoms. The number of benzene rings is 1. The molecule has 1 aromatic carbocycles. The van der Waals surface area contributed by atoms with Crippen LogP contribution < -0.4 is 0 Å². The van der Waals surface area contributed by atoms with Crippen molar-refractivity contribution < 1.29 is 23.5 Å². The van der Waals surface area contributed by atoms with Gasteiger partial charge in [0.15, 0.2) is 5.37 Å². The monoisotopic (exact) mass is 307 g/mol. The fourth-order valence-corrected chi connectivity index (χ4v) is 2.94. The van der Waals surface area contributed by atoms with Gasteiger partial charge in [0.05, 0.1) is 10.6 Å². The van der Waals surface area contributed by atoms with E-state index in [1.807, 2.05) is 0 Å².